The van der Waals surface area contributed by atoms with E-state index < -0.39 is 0 Å². The molecule has 1 rings (SSSR count). The van der Waals surface area contributed by atoms with Crippen molar-refractivity contribution >= 4 is 22.9 Å². The van der Waals surface area contributed by atoms with Gasteiger partial charge in [0.1, 0.15) is 0 Å². The molecule has 1 heterocycles. The third-order valence-corrected chi connectivity index (χ3v) is 2.56. The van der Waals surface area contributed by atoms with E-state index in [2.05, 4.69) is 23.7 Å². The number of aryl methyl sites for hydroxylation is 1. The highest BCUT2D eigenvalue weighted by Crippen LogP contribution is 2.14. The smallest absolute Gasteiger partial charge is 0.0716 e. The predicted octanol–water partition coefficient (Wildman–Crippen LogP) is 2.34. The van der Waals surface area contributed by atoms with Crippen molar-refractivity contribution in [2.75, 3.05) is 6.00 Å². The predicted molar refractivity (Wildman–Crippen MR) is 46.6 cm³/mol. The van der Waals surface area contributed by atoms with Crippen molar-refractivity contribution in [1.82, 2.24) is 5.32 Å². The van der Waals surface area contributed by atoms with E-state index in [1.807, 2.05) is 0 Å². The lowest BCUT2D eigenvalue weighted by Crippen LogP contribution is -2.09. The van der Waals surface area contributed by atoms with Crippen LogP contribution in [0.2, 0.25) is 0 Å². The average Bonchev–Trinajstić information content (AvgIpc) is 2.31. The Morgan fingerprint density at radius 1 is 1.70 bits per heavy atom. The van der Waals surface area contributed by atoms with E-state index in [0.29, 0.717) is 6.00 Å². The molecule has 0 spiro atoms. The van der Waals surface area contributed by atoms with Gasteiger partial charge in [-0.15, -0.1) is 22.9 Å². The fourth-order valence-electron chi connectivity index (χ4n) is 0.746. The zero-order chi connectivity index (χ0) is 7.40. The van der Waals surface area contributed by atoms with Crippen molar-refractivity contribution in [1.29, 1.82) is 0 Å². The monoisotopic (exact) mass is 175 g/mol. The summed E-state index contributed by atoms with van der Waals surface area (Å²) >= 11 is 7.23. The van der Waals surface area contributed by atoms with E-state index in [1.54, 1.807) is 11.3 Å². The molecule has 0 aliphatic carbocycles. The zero-order valence-electron chi connectivity index (χ0n) is 5.86. The molecule has 1 aromatic rings. The van der Waals surface area contributed by atoms with E-state index in [4.69, 9.17) is 11.6 Å². The van der Waals surface area contributed by atoms with Crippen LogP contribution in [0.3, 0.4) is 0 Å². The molecule has 0 saturated heterocycles. The van der Waals surface area contributed by atoms with Crippen LogP contribution in [0.5, 0.6) is 0 Å². The SMILES string of the molecule is Cc1ccsc1CNCCl. The van der Waals surface area contributed by atoms with Gasteiger partial charge in [-0.25, -0.2) is 0 Å². The van der Waals surface area contributed by atoms with Crippen LogP contribution in [0.25, 0.3) is 0 Å². The summed E-state index contributed by atoms with van der Waals surface area (Å²) in [4.78, 5) is 1.38. The highest BCUT2D eigenvalue weighted by molar-refractivity contribution is 7.10. The minimum atomic E-state index is 0.525. The van der Waals surface area contributed by atoms with Crippen LogP contribution >= 0.6 is 22.9 Å². The van der Waals surface area contributed by atoms with Gasteiger partial charge in [-0.3, -0.25) is 5.32 Å². The van der Waals surface area contributed by atoms with Gasteiger partial charge in [0.05, 0.1) is 6.00 Å². The Hall–Kier alpha value is -0.0500. The molecule has 56 valence electrons. The standard InChI is InChI=1S/C7H10ClNS/c1-6-2-3-10-7(6)4-9-5-8/h2-3,9H,4-5H2,1H3. The second-order valence-corrected chi connectivity index (χ2v) is 3.36. The number of alkyl halides is 1. The normalized spacial score (nSPS) is 10.2. The highest BCUT2D eigenvalue weighted by atomic mass is 35.5. The molecule has 0 aliphatic rings. The summed E-state index contributed by atoms with van der Waals surface area (Å²) < 4.78 is 0. The van der Waals surface area contributed by atoms with Gasteiger partial charge in [-0.05, 0) is 23.9 Å². The molecular weight excluding hydrogens is 166 g/mol. The quantitative estimate of drug-likeness (QED) is 0.550. The maximum Gasteiger partial charge on any atom is 0.0716 e. The van der Waals surface area contributed by atoms with Crippen LogP contribution in [0.4, 0.5) is 0 Å². The lowest BCUT2D eigenvalue weighted by Gasteiger charge is -1.97. The van der Waals surface area contributed by atoms with E-state index in [0.717, 1.165) is 6.54 Å². The lowest BCUT2D eigenvalue weighted by molar-refractivity contribution is 0.799. The fourth-order valence-corrected chi connectivity index (χ4v) is 1.72. The van der Waals surface area contributed by atoms with Crippen molar-refractivity contribution in [3.63, 3.8) is 0 Å². The summed E-state index contributed by atoms with van der Waals surface area (Å²) in [6.45, 7) is 3.01. The Kier molecular flexibility index (Phi) is 3.19. The number of nitrogens with one attached hydrogen (secondary N) is 1. The second-order valence-electron chi connectivity index (χ2n) is 2.09. The van der Waals surface area contributed by atoms with Crippen molar-refractivity contribution in [2.45, 2.75) is 13.5 Å². The first-order valence-corrected chi connectivity index (χ1v) is 4.55. The van der Waals surface area contributed by atoms with Crippen molar-refractivity contribution in [2.24, 2.45) is 0 Å². The number of thiophene rings is 1. The largest absolute Gasteiger partial charge is 0.299 e. The van der Waals surface area contributed by atoms with Crippen molar-refractivity contribution in [3.8, 4) is 0 Å². The molecule has 10 heavy (non-hydrogen) atoms. The second kappa shape index (κ2) is 3.96. The van der Waals surface area contributed by atoms with Gasteiger partial charge in [0.2, 0.25) is 0 Å². The Balaban J connectivity index is 2.49. The van der Waals surface area contributed by atoms with Gasteiger partial charge in [0.15, 0.2) is 0 Å². The van der Waals surface area contributed by atoms with Crippen LogP contribution in [-0.4, -0.2) is 6.00 Å². The minimum Gasteiger partial charge on any atom is -0.299 e. The molecule has 0 radical (unpaired) electrons. The molecule has 3 heteroatoms. The Morgan fingerprint density at radius 2 is 2.50 bits per heavy atom. The number of hydrogen-bond acceptors (Lipinski definition) is 2. The summed E-state index contributed by atoms with van der Waals surface area (Å²) in [7, 11) is 0. The molecular formula is C7H10ClNS. The van der Waals surface area contributed by atoms with Crippen LogP contribution in [0, 0.1) is 6.92 Å². The fraction of sp³-hybridized carbons (Fsp3) is 0.429. The van der Waals surface area contributed by atoms with Gasteiger partial charge in [-0.2, -0.15) is 0 Å². The van der Waals surface area contributed by atoms with E-state index >= 15 is 0 Å². The maximum absolute atomic E-state index is 5.46. The first-order valence-electron chi connectivity index (χ1n) is 3.14. The first-order chi connectivity index (χ1) is 4.84. The average molecular weight is 176 g/mol. The molecule has 1 nitrogen and oxygen atoms in total. The third kappa shape index (κ3) is 1.97. The third-order valence-electron chi connectivity index (χ3n) is 1.35. The molecule has 1 N–H and O–H groups in total. The van der Waals surface area contributed by atoms with E-state index in [9.17, 15) is 0 Å². The summed E-state index contributed by atoms with van der Waals surface area (Å²) in [5, 5.41) is 5.17. The number of rotatable bonds is 3. The highest BCUT2D eigenvalue weighted by Gasteiger charge is 1.96. The van der Waals surface area contributed by atoms with Crippen LogP contribution in [-0.2, 0) is 6.54 Å². The van der Waals surface area contributed by atoms with Gasteiger partial charge in [0.25, 0.3) is 0 Å². The van der Waals surface area contributed by atoms with Crippen LogP contribution in [0.1, 0.15) is 10.4 Å². The zero-order valence-corrected chi connectivity index (χ0v) is 7.43. The Bertz CT molecular complexity index is 197. The molecule has 0 saturated carbocycles. The minimum absolute atomic E-state index is 0.525. The Labute approximate surface area is 70.0 Å². The van der Waals surface area contributed by atoms with E-state index in [1.165, 1.54) is 10.4 Å². The molecule has 0 aliphatic heterocycles. The first kappa shape index (κ1) is 8.05. The van der Waals surface area contributed by atoms with Gasteiger partial charge < -0.3 is 0 Å². The summed E-state index contributed by atoms with van der Waals surface area (Å²) in [5.74, 6) is 0. The van der Waals surface area contributed by atoms with Crippen molar-refractivity contribution in [3.05, 3.63) is 21.9 Å². The molecule has 0 atom stereocenters. The van der Waals surface area contributed by atoms with Crippen molar-refractivity contribution < 1.29 is 0 Å². The molecule has 0 amide bonds. The number of hydrogen-bond donors (Lipinski definition) is 1. The topological polar surface area (TPSA) is 12.0 Å². The van der Waals surface area contributed by atoms with Gasteiger partial charge in [-0.1, -0.05) is 0 Å². The number of halogens is 1. The van der Waals surface area contributed by atoms with Crippen LogP contribution in [0.15, 0.2) is 11.4 Å². The van der Waals surface area contributed by atoms with Gasteiger partial charge in [0, 0.05) is 11.4 Å². The van der Waals surface area contributed by atoms with Gasteiger partial charge >= 0.3 is 0 Å². The summed E-state index contributed by atoms with van der Waals surface area (Å²) in [6.07, 6.45) is 0. The summed E-state index contributed by atoms with van der Waals surface area (Å²) in [6, 6.07) is 2.65. The molecule has 0 fully saturated rings. The maximum atomic E-state index is 5.46. The lowest BCUT2D eigenvalue weighted by atomic mass is 10.3. The molecule has 0 unspecified atom stereocenters. The molecule has 0 aromatic carbocycles. The molecule has 0 bridgehead atoms. The van der Waals surface area contributed by atoms with Crippen LogP contribution < -0.4 is 5.32 Å². The molecule has 1 aromatic heterocycles. The Morgan fingerprint density at radius 3 is 3.00 bits per heavy atom. The summed E-state index contributed by atoms with van der Waals surface area (Å²) in [5.41, 5.74) is 1.35. The van der Waals surface area contributed by atoms with E-state index in [-0.39, 0.29) is 0 Å².